The molecule has 1 unspecified atom stereocenters. The van der Waals surface area contributed by atoms with Crippen molar-refractivity contribution in [3.05, 3.63) is 15.6 Å². The Kier molecular flexibility index (Phi) is 7.18. The number of hydrogen-bond acceptors (Lipinski definition) is 3. The van der Waals surface area contributed by atoms with Crippen LogP contribution in [0.1, 0.15) is 82.3 Å². The van der Waals surface area contributed by atoms with Gasteiger partial charge in [-0.3, -0.25) is 0 Å². The minimum atomic E-state index is 0.0325. The molecule has 1 aromatic rings. The Labute approximate surface area is 129 Å². The van der Waals surface area contributed by atoms with E-state index in [2.05, 4.69) is 46.9 Å². The maximum Gasteiger partial charge on any atom is 0.113 e. The first kappa shape index (κ1) is 17.6. The molecule has 3 heteroatoms. The Bertz CT molecular complexity index is 398. The van der Waals surface area contributed by atoms with Crippen molar-refractivity contribution in [2.75, 3.05) is 0 Å². The van der Waals surface area contributed by atoms with Gasteiger partial charge in [0.2, 0.25) is 0 Å². The molecule has 0 spiro atoms. The number of nitrogens with one attached hydrogen (secondary N) is 1. The molecule has 0 aliphatic rings. The van der Waals surface area contributed by atoms with Crippen molar-refractivity contribution in [1.82, 2.24) is 10.3 Å². The SMILES string of the molecule is CCCCCCC(C)(NC(C)C)c1nc(CC)c(C)s1. The smallest absolute Gasteiger partial charge is 0.113 e. The van der Waals surface area contributed by atoms with E-state index in [1.807, 2.05) is 11.3 Å². The van der Waals surface area contributed by atoms with E-state index in [4.69, 9.17) is 4.98 Å². The van der Waals surface area contributed by atoms with E-state index in [9.17, 15) is 0 Å². The Hall–Kier alpha value is -0.410. The highest BCUT2D eigenvalue weighted by molar-refractivity contribution is 7.11. The lowest BCUT2D eigenvalue weighted by Crippen LogP contribution is -2.43. The van der Waals surface area contributed by atoms with Crippen LogP contribution in [0.2, 0.25) is 0 Å². The maximum absolute atomic E-state index is 4.91. The van der Waals surface area contributed by atoms with Gasteiger partial charge >= 0.3 is 0 Å². The molecule has 0 saturated carbocycles. The van der Waals surface area contributed by atoms with Crippen molar-refractivity contribution in [2.24, 2.45) is 0 Å². The van der Waals surface area contributed by atoms with Gasteiger partial charge in [-0.25, -0.2) is 4.98 Å². The zero-order valence-corrected chi connectivity index (χ0v) is 15.0. The van der Waals surface area contributed by atoms with Crippen LogP contribution in [-0.2, 0) is 12.0 Å². The van der Waals surface area contributed by atoms with Crippen molar-refractivity contribution < 1.29 is 0 Å². The minimum absolute atomic E-state index is 0.0325. The Morgan fingerprint density at radius 2 is 1.90 bits per heavy atom. The van der Waals surface area contributed by atoms with Crippen molar-refractivity contribution in [3.8, 4) is 0 Å². The van der Waals surface area contributed by atoms with Crippen LogP contribution in [0.4, 0.5) is 0 Å². The molecular weight excluding hydrogens is 264 g/mol. The predicted octanol–water partition coefficient (Wildman–Crippen LogP) is 5.20. The highest BCUT2D eigenvalue weighted by Crippen LogP contribution is 2.33. The van der Waals surface area contributed by atoms with Crippen LogP contribution < -0.4 is 5.32 Å². The summed E-state index contributed by atoms with van der Waals surface area (Å²) >= 11 is 1.88. The quantitative estimate of drug-likeness (QED) is 0.634. The molecular formula is C17H32N2S. The van der Waals surface area contributed by atoms with Gasteiger partial charge in [-0.2, -0.15) is 0 Å². The molecule has 1 N–H and O–H groups in total. The Morgan fingerprint density at radius 1 is 1.20 bits per heavy atom. The van der Waals surface area contributed by atoms with Gasteiger partial charge < -0.3 is 5.32 Å². The molecule has 0 aliphatic heterocycles. The van der Waals surface area contributed by atoms with Crippen molar-refractivity contribution >= 4 is 11.3 Å². The van der Waals surface area contributed by atoms with E-state index in [1.54, 1.807) is 0 Å². The van der Waals surface area contributed by atoms with Gasteiger partial charge in [-0.05, 0) is 40.5 Å². The van der Waals surface area contributed by atoms with Crippen LogP contribution in [0, 0.1) is 6.92 Å². The second-order valence-electron chi connectivity index (χ2n) is 6.32. The zero-order valence-electron chi connectivity index (χ0n) is 14.2. The third-order valence-corrected chi connectivity index (χ3v) is 5.11. The van der Waals surface area contributed by atoms with E-state index in [1.165, 1.54) is 47.7 Å². The molecule has 2 nitrogen and oxygen atoms in total. The van der Waals surface area contributed by atoms with Crippen molar-refractivity contribution in [1.29, 1.82) is 0 Å². The van der Waals surface area contributed by atoms with Gasteiger partial charge in [0.05, 0.1) is 11.2 Å². The summed E-state index contributed by atoms with van der Waals surface area (Å²) in [5, 5.41) is 5.04. The highest BCUT2D eigenvalue weighted by atomic mass is 32.1. The van der Waals surface area contributed by atoms with Crippen LogP contribution in [-0.4, -0.2) is 11.0 Å². The monoisotopic (exact) mass is 296 g/mol. The van der Waals surface area contributed by atoms with Crippen LogP contribution in [0.25, 0.3) is 0 Å². The largest absolute Gasteiger partial charge is 0.303 e. The van der Waals surface area contributed by atoms with E-state index in [0.717, 1.165) is 6.42 Å². The normalized spacial score (nSPS) is 14.8. The fourth-order valence-corrected chi connectivity index (χ4v) is 3.92. The topological polar surface area (TPSA) is 24.9 Å². The summed E-state index contributed by atoms with van der Waals surface area (Å²) in [5.41, 5.74) is 1.31. The molecule has 0 aliphatic carbocycles. The summed E-state index contributed by atoms with van der Waals surface area (Å²) < 4.78 is 0. The molecule has 20 heavy (non-hydrogen) atoms. The number of unbranched alkanes of at least 4 members (excludes halogenated alkanes) is 3. The number of aryl methyl sites for hydroxylation is 2. The van der Waals surface area contributed by atoms with Gasteiger partial charge in [0.15, 0.2) is 0 Å². The lowest BCUT2D eigenvalue weighted by Gasteiger charge is -2.31. The van der Waals surface area contributed by atoms with Crippen molar-refractivity contribution in [2.45, 2.75) is 91.6 Å². The molecule has 1 heterocycles. The molecule has 0 aromatic carbocycles. The molecule has 0 amide bonds. The summed E-state index contributed by atoms with van der Waals surface area (Å²) in [6.45, 7) is 13.4. The number of nitrogens with zero attached hydrogens (tertiary/aromatic N) is 1. The number of thiazole rings is 1. The second-order valence-corrected chi connectivity index (χ2v) is 7.52. The second kappa shape index (κ2) is 8.14. The number of rotatable bonds is 9. The molecule has 0 fully saturated rings. The first-order chi connectivity index (χ1) is 9.42. The van der Waals surface area contributed by atoms with E-state index in [0.29, 0.717) is 6.04 Å². The van der Waals surface area contributed by atoms with Gasteiger partial charge in [0.25, 0.3) is 0 Å². The average Bonchev–Trinajstić information content (AvgIpc) is 2.76. The standard InChI is InChI=1S/C17H32N2S/c1-7-9-10-11-12-17(6,19-13(3)4)16-18-15(8-2)14(5)20-16/h13,19H,7-12H2,1-6H3. The molecule has 1 atom stereocenters. The molecule has 1 rings (SSSR count). The summed E-state index contributed by atoms with van der Waals surface area (Å²) in [5.74, 6) is 0. The van der Waals surface area contributed by atoms with E-state index in [-0.39, 0.29) is 5.54 Å². The molecule has 1 aromatic heterocycles. The fraction of sp³-hybridized carbons (Fsp3) is 0.824. The lowest BCUT2D eigenvalue weighted by molar-refractivity contribution is 0.299. The summed E-state index contributed by atoms with van der Waals surface area (Å²) in [6.07, 6.45) is 7.47. The highest BCUT2D eigenvalue weighted by Gasteiger charge is 2.30. The molecule has 116 valence electrons. The Morgan fingerprint density at radius 3 is 2.40 bits per heavy atom. The average molecular weight is 297 g/mol. The molecule has 0 saturated heterocycles. The van der Waals surface area contributed by atoms with Gasteiger partial charge in [-0.1, -0.05) is 39.5 Å². The van der Waals surface area contributed by atoms with Crippen LogP contribution >= 0.6 is 11.3 Å². The summed E-state index contributed by atoms with van der Waals surface area (Å²) in [7, 11) is 0. The first-order valence-electron chi connectivity index (χ1n) is 8.17. The van der Waals surface area contributed by atoms with Crippen LogP contribution in [0.15, 0.2) is 0 Å². The van der Waals surface area contributed by atoms with Gasteiger partial charge in [0, 0.05) is 10.9 Å². The first-order valence-corrected chi connectivity index (χ1v) is 8.99. The Balaban J connectivity index is 2.85. The molecule has 0 radical (unpaired) electrons. The zero-order chi connectivity index (χ0) is 15.2. The number of aromatic nitrogens is 1. The van der Waals surface area contributed by atoms with E-state index >= 15 is 0 Å². The van der Waals surface area contributed by atoms with Gasteiger partial charge in [-0.15, -0.1) is 11.3 Å². The van der Waals surface area contributed by atoms with E-state index < -0.39 is 0 Å². The maximum atomic E-state index is 4.91. The minimum Gasteiger partial charge on any atom is -0.303 e. The third kappa shape index (κ3) is 4.85. The predicted molar refractivity (Wildman–Crippen MR) is 90.6 cm³/mol. The van der Waals surface area contributed by atoms with Crippen LogP contribution in [0.5, 0.6) is 0 Å². The van der Waals surface area contributed by atoms with Gasteiger partial charge in [0.1, 0.15) is 5.01 Å². The van der Waals surface area contributed by atoms with Crippen LogP contribution in [0.3, 0.4) is 0 Å². The van der Waals surface area contributed by atoms with Crippen molar-refractivity contribution in [3.63, 3.8) is 0 Å². The summed E-state index contributed by atoms with van der Waals surface area (Å²) in [4.78, 5) is 6.29. The lowest BCUT2D eigenvalue weighted by atomic mass is 9.93. The molecule has 0 bridgehead atoms. The number of hydrogen-bond donors (Lipinski definition) is 1. The fourth-order valence-electron chi connectivity index (χ4n) is 2.78. The summed E-state index contributed by atoms with van der Waals surface area (Å²) in [6, 6.07) is 0.487. The third-order valence-electron chi connectivity index (χ3n) is 3.84.